The van der Waals surface area contributed by atoms with E-state index in [1.165, 1.54) is 36.7 Å². The Morgan fingerprint density at radius 1 is 0.724 bits per heavy atom. The van der Waals surface area contributed by atoms with E-state index < -0.39 is 11.8 Å². The van der Waals surface area contributed by atoms with Gasteiger partial charge in [-0.15, -0.1) is 0 Å². The lowest BCUT2D eigenvalue weighted by Gasteiger charge is -2.01. The molecule has 0 spiro atoms. The van der Waals surface area contributed by atoms with Crippen molar-refractivity contribution < 1.29 is 19.8 Å². The standard InChI is InChI=1S/C20H17N5O4/c26-17-7-3-1-5-15(17)19(28)24-21-11-13-9-10-14(23-13)12-22-25-20(29)16-6-2-4-8-18(16)27/h1-12,23,26-27H,(H,24,28)(H,25,29). The summed E-state index contributed by atoms with van der Waals surface area (Å²) < 4.78 is 0. The number of amides is 2. The molecule has 0 unspecified atom stereocenters. The number of H-pyrrole nitrogens is 1. The fraction of sp³-hybridized carbons (Fsp3) is 0. The molecule has 0 radical (unpaired) electrons. The molecular formula is C20H17N5O4. The largest absolute Gasteiger partial charge is 0.507 e. The predicted octanol–water partition coefficient (Wildman–Crippen LogP) is 1.95. The van der Waals surface area contributed by atoms with Crippen molar-refractivity contribution in [2.75, 3.05) is 0 Å². The summed E-state index contributed by atoms with van der Waals surface area (Å²) in [5, 5.41) is 26.9. The number of carbonyl (C=O) groups excluding carboxylic acids is 2. The van der Waals surface area contributed by atoms with E-state index in [1.54, 1.807) is 36.4 Å². The van der Waals surface area contributed by atoms with Gasteiger partial charge < -0.3 is 15.2 Å². The molecule has 0 fully saturated rings. The third kappa shape index (κ3) is 5.07. The molecule has 0 aliphatic heterocycles. The van der Waals surface area contributed by atoms with Gasteiger partial charge in [0.15, 0.2) is 0 Å². The van der Waals surface area contributed by atoms with Gasteiger partial charge in [-0.1, -0.05) is 24.3 Å². The fourth-order valence-corrected chi connectivity index (χ4v) is 2.35. The molecule has 0 aliphatic rings. The SMILES string of the molecule is O=C(NN=Cc1ccc(C=NNC(=O)c2ccccc2O)[nH]1)c1ccccc1O. The lowest BCUT2D eigenvalue weighted by Crippen LogP contribution is -2.17. The van der Waals surface area contributed by atoms with Gasteiger partial charge in [0, 0.05) is 0 Å². The second-order valence-corrected chi connectivity index (χ2v) is 5.80. The lowest BCUT2D eigenvalue weighted by atomic mass is 10.2. The number of phenolic OH excluding ortho intramolecular Hbond substituents is 2. The molecule has 3 aromatic rings. The maximum atomic E-state index is 11.9. The van der Waals surface area contributed by atoms with Crippen molar-refractivity contribution in [1.82, 2.24) is 15.8 Å². The maximum absolute atomic E-state index is 11.9. The smallest absolute Gasteiger partial charge is 0.275 e. The Kier molecular flexibility index (Phi) is 6.01. The summed E-state index contributed by atoms with van der Waals surface area (Å²) >= 11 is 0. The third-order valence-corrected chi connectivity index (χ3v) is 3.77. The lowest BCUT2D eigenvalue weighted by molar-refractivity contribution is 0.0944. The van der Waals surface area contributed by atoms with Crippen LogP contribution in [-0.2, 0) is 0 Å². The molecular weight excluding hydrogens is 374 g/mol. The van der Waals surface area contributed by atoms with Crippen molar-refractivity contribution in [3.63, 3.8) is 0 Å². The van der Waals surface area contributed by atoms with Crippen LogP contribution in [0, 0.1) is 0 Å². The number of rotatable bonds is 6. The maximum Gasteiger partial charge on any atom is 0.275 e. The summed E-state index contributed by atoms with van der Waals surface area (Å²) in [6, 6.07) is 15.7. The number of hydrazone groups is 2. The molecule has 1 heterocycles. The van der Waals surface area contributed by atoms with Gasteiger partial charge in [0.25, 0.3) is 11.8 Å². The monoisotopic (exact) mass is 391 g/mol. The Morgan fingerprint density at radius 2 is 1.14 bits per heavy atom. The molecule has 0 aliphatic carbocycles. The molecule has 0 saturated carbocycles. The molecule has 9 heteroatoms. The zero-order chi connectivity index (χ0) is 20.6. The average molecular weight is 391 g/mol. The Bertz CT molecular complexity index is 1000. The number of nitrogens with one attached hydrogen (secondary N) is 3. The molecule has 5 N–H and O–H groups in total. The Labute approximate surface area is 165 Å². The molecule has 3 rings (SSSR count). The number of para-hydroxylation sites is 2. The van der Waals surface area contributed by atoms with Crippen LogP contribution in [0.5, 0.6) is 11.5 Å². The number of benzene rings is 2. The van der Waals surface area contributed by atoms with Crippen LogP contribution in [0.15, 0.2) is 70.9 Å². The molecule has 2 aromatic carbocycles. The van der Waals surface area contributed by atoms with Gasteiger partial charge in [-0.05, 0) is 36.4 Å². The first-order valence-electron chi connectivity index (χ1n) is 8.46. The average Bonchev–Trinajstić information content (AvgIpc) is 3.16. The zero-order valence-corrected chi connectivity index (χ0v) is 15.0. The van der Waals surface area contributed by atoms with E-state index in [0.29, 0.717) is 11.4 Å². The number of hydrogen-bond acceptors (Lipinski definition) is 6. The molecule has 0 bridgehead atoms. The van der Waals surface area contributed by atoms with Gasteiger partial charge in [-0.25, -0.2) is 10.9 Å². The van der Waals surface area contributed by atoms with Crippen molar-refractivity contribution in [1.29, 1.82) is 0 Å². The second-order valence-electron chi connectivity index (χ2n) is 5.80. The van der Waals surface area contributed by atoms with Gasteiger partial charge in [0.05, 0.1) is 34.9 Å². The van der Waals surface area contributed by atoms with Crippen LogP contribution in [0.25, 0.3) is 0 Å². The van der Waals surface area contributed by atoms with Crippen molar-refractivity contribution in [3.05, 3.63) is 83.2 Å². The number of aromatic amines is 1. The second kappa shape index (κ2) is 9.00. The summed E-state index contributed by atoms with van der Waals surface area (Å²) in [7, 11) is 0. The zero-order valence-electron chi connectivity index (χ0n) is 15.0. The van der Waals surface area contributed by atoms with Crippen molar-refractivity contribution in [3.8, 4) is 11.5 Å². The molecule has 2 amide bonds. The fourth-order valence-electron chi connectivity index (χ4n) is 2.35. The van der Waals surface area contributed by atoms with Gasteiger partial charge in [0.2, 0.25) is 0 Å². The first-order chi connectivity index (χ1) is 14.0. The van der Waals surface area contributed by atoms with Crippen molar-refractivity contribution in [2.24, 2.45) is 10.2 Å². The van der Waals surface area contributed by atoms with E-state index in [2.05, 4.69) is 26.0 Å². The molecule has 29 heavy (non-hydrogen) atoms. The first kappa shape index (κ1) is 19.4. The minimum atomic E-state index is -0.542. The molecule has 9 nitrogen and oxygen atoms in total. The van der Waals surface area contributed by atoms with E-state index in [0.717, 1.165) is 0 Å². The van der Waals surface area contributed by atoms with Crippen molar-refractivity contribution >= 4 is 24.2 Å². The topological polar surface area (TPSA) is 139 Å². The van der Waals surface area contributed by atoms with Gasteiger partial charge in [0.1, 0.15) is 11.5 Å². The van der Waals surface area contributed by atoms with Crippen LogP contribution < -0.4 is 10.9 Å². The minimum Gasteiger partial charge on any atom is -0.507 e. The van der Waals surface area contributed by atoms with Crippen LogP contribution in [-0.4, -0.2) is 39.4 Å². The first-order valence-corrected chi connectivity index (χ1v) is 8.46. The van der Waals surface area contributed by atoms with Crippen LogP contribution in [0.1, 0.15) is 32.1 Å². The highest BCUT2D eigenvalue weighted by Gasteiger charge is 2.09. The summed E-state index contributed by atoms with van der Waals surface area (Å²) in [6.45, 7) is 0. The van der Waals surface area contributed by atoms with Crippen LogP contribution >= 0.6 is 0 Å². The van der Waals surface area contributed by atoms with Gasteiger partial charge >= 0.3 is 0 Å². The van der Waals surface area contributed by atoms with E-state index in [4.69, 9.17) is 0 Å². The third-order valence-electron chi connectivity index (χ3n) is 3.77. The molecule has 0 saturated heterocycles. The predicted molar refractivity (Wildman–Crippen MR) is 107 cm³/mol. The van der Waals surface area contributed by atoms with Gasteiger partial charge in [-0.3, -0.25) is 9.59 Å². The van der Waals surface area contributed by atoms with Crippen LogP contribution in [0.3, 0.4) is 0 Å². The quantitative estimate of drug-likeness (QED) is 0.324. The van der Waals surface area contributed by atoms with Gasteiger partial charge in [-0.2, -0.15) is 10.2 Å². The van der Waals surface area contributed by atoms with E-state index >= 15 is 0 Å². The molecule has 146 valence electrons. The van der Waals surface area contributed by atoms with E-state index in [1.807, 2.05) is 0 Å². The number of aromatic nitrogens is 1. The van der Waals surface area contributed by atoms with E-state index in [9.17, 15) is 19.8 Å². The van der Waals surface area contributed by atoms with E-state index in [-0.39, 0.29) is 22.6 Å². The minimum absolute atomic E-state index is 0.115. The Balaban J connectivity index is 1.54. The highest BCUT2D eigenvalue weighted by molar-refractivity contribution is 5.98. The number of hydrogen-bond donors (Lipinski definition) is 5. The number of aromatic hydroxyl groups is 2. The summed E-state index contributed by atoms with van der Waals surface area (Å²) in [5.41, 5.74) is 6.02. The van der Waals surface area contributed by atoms with Crippen LogP contribution in [0.4, 0.5) is 0 Å². The summed E-state index contributed by atoms with van der Waals surface area (Å²) in [5.74, 6) is -1.35. The number of phenols is 2. The molecule has 1 aromatic heterocycles. The Morgan fingerprint density at radius 3 is 1.55 bits per heavy atom. The normalized spacial score (nSPS) is 11.0. The summed E-state index contributed by atoms with van der Waals surface area (Å²) in [6.07, 6.45) is 2.77. The van der Waals surface area contributed by atoms with Crippen molar-refractivity contribution in [2.45, 2.75) is 0 Å². The molecule has 0 atom stereocenters. The Hall–Kier alpha value is -4.40. The summed E-state index contributed by atoms with van der Waals surface area (Å²) in [4.78, 5) is 26.8. The highest BCUT2D eigenvalue weighted by Crippen LogP contribution is 2.15. The number of nitrogens with zero attached hydrogens (tertiary/aromatic N) is 2. The van der Waals surface area contributed by atoms with Crippen LogP contribution in [0.2, 0.25) is 0 Å². The highest BCUT2D eigenvalue weighted by atomic mass is 16.3. The number of carbonyl (C=O) groups is 2.